The normalized spacial score (nSPS) is 42.4. The van der Waals surface area contributed by atoms with E-state index in [1.54, 1.807) is 34.6 Å². The molecule has 3 aliphatic heterocycles. The zero-order valence-electron chi connectivity index (χ0n) is 40.8. The molecule has 18 nitrogen and oxygen atoms in total. The molecule has 1 aromatic rings. The molecule has 18 atom stereocenters. The Morgan fingerprint density at radius 2 is 1.69 bits per heavy atom. The molecule has 64 heavy (non-hydrogen) atoms. The number of nitrogens with zero attached hydrogens (tertiary/aromatic N) is 4. The van der Waals surface area contributed by atoms with Crippen molar-refractivity contribution < 1.29 is 63.2 Å². The maximum Gasteiger partial charge on any atom is 0.311 e. The summed E-state index contributed by atoms with van der Waals surface area (Å²) in [6.45, 7) is 18.7. The quantitative estimate of drug-likeness (QED) is 0.142. The molecule has 1 amide bonds. The Balaban J connectivity index is 1.76. The van der Waals surface area contributed by atoms with Crippen molar-refractivity contribution in [2.45, 2.75) is 192 Å². The van der Waals surface area contributed by atoms with E-state index in [1.807, 2.05) is 53.7 Å². The minimum Gasteiger partial charge on any atom is -0.459 e. The van der Waals surface area contributed by atoms with Gasteiger partial charge in [0.1, 0.15) is 35.7 Å². The van der Waals surface area contributed by atoms with Gasteiger partial charge in [-0.05, 0) is 101 Å². The van der Waals surface area contributed by atoms with Crippen LogP contribution in [0, 0.1) is 17.8 Å². The molecule has 0 aromatic carbocycles. The molecule has 1 aromatic heterocycles. The standard InChI is InChI=1S/C46H81N5O13/c1-15-34-46(10,57)38(52)30(6)51(13)25-26(2)22-44(8,56)40(28(4)36(29(5)42(55)62-34)63-35-23-45(9,58-14)39(53)31(7)61-35)64-43-37(33(50(11)12)21-27(3)60-43)59-20-16-17-49-41(54)32-24-47-18-19-48-32/h18-19,24,26-31,33-40,43,52-53,56-57H,15-17,20-23,25H2,1-14H3,(H,49,54)/t26-,27-,28+,29-,30-,31+,33+,34-,35+,36+,37-,38-,39+,40-,43+,44-,45-,46-/m1/s1. The monoisotopic (exact) mass is 912 g/mol. The molecule has 0 bridgehead atoms. The minimum atomic E-state index is -1.83. The fourth-order valence-electron chi connectivity index (χ4n) is 9.90. The Labute approximate surface area is 381 Å². The number of methoxy groups -OCH3 is 1. The van der Waals surface area contributed by atoms with Gasteiger partial charge in [-0.3, -0.25) is 14.6 Å². The Bertz CT molecular complexity index is 1610. The number of cyclic esters (lactones) is 1. The zero-order chi connectivity index (χ0) is 47.9. The summed E-state index contributed by atoms with van der Waals surface area (Å²) in [6.07, 6.45) is -3.03. The number of hydrogen-bond acceptors (Lipinski definition) is 17. The fraction of sp³-hybridized carbons (Fsp3) is 0.870. The Morgan fingerprint density at radius 3 is 2.30 bits per heavy atom. The van der Waals surface area contributed by atoms with Crippen LogP contribution in [0.5, 0.6) is 0 Å². The number of likely N-dealkylation sites (N-methyl/N-ethyl adjacent to an activating group) is 2. The summed E-state index contributed by atoms with van der Waals surface area (Å²) in [7, 11) is 7.28. The molecule has 0 unspecified atom stereocenters. The third kappa shape index (κ3) is 13.2. The van der Waals surface area contributed by atoms with E-state index in [1.165, 1.54) is 32.6 Å². The van der Waals surface area contributed by atoms with E-state index >= 15 is 0 Å². The first-order valence-electron chi connectivity index (χ1n) is 23.1. The van der Waals surface area contributed by atoms with Gasteiger partial charge in [0, 0.05) is 63.6 Å². The first-order valence-corrected chi connectivity index (χ1v) is 23.1. The van der Waals surface area contributed by atoms with Gasteiger partial charge >= 0.3 is 5.97 Å². The Kier molecular flexibility index (Phi) is 19.5. The van der Waals surface area contributed by atoms with Crippen LogP contribution in [0.3, 0.4) is 0 Å². The number of nitrogens with one attached hydrogen (secondary N) is 1. The van der Waals surface area contributed by atoms with Crippen molar-refractivity contribution in [2.24, 2.45) is 17.8 Å². The van der Waals surface area contributed by atoms with E-state index in [2.05, 4.69) is 20.2 Å². The maximum absolute atomic E-state index is 14.5. The van der Waals surface area contributed by atoms with Crippen LogP contribution in [0.1, 0.15) is 112 Å². The Morgan fingerprint density at radius 1 is 1.00 bits per heavy atom. The van der Waals surface area contributed by atoms with Gasteiger partial charge in [-0.1, -0.05) is 20.8 Å². The van der Waals surface area contributed by atoms with Crippen LogP contribution in [0.15, 0.2) is 18.6 Å². The van der Waals surface area contributed by atoms with Gasteiger partial charge in [0.2, 0.25) is 0 Å². The maximum atomic E-state index is 14.5. The number of aliphatic hydroxyl groups excluding tert-OH is 2. The summed E-state index contributed by atoms with van der Waals surface area (Å²) >= 11 is 0. The molecule has 0 spiro atoms. The second kappa shape index (κ2) is 23.0. The third-order valence-electron chi connectivity index (χ3n) is 13.9. The predicted octanol–water partition coefficient (Wildman–Crippen LogP) is 2.54. The largest absolute Gasteiger partial charge is 0.459 e. The lowest BCUT2D eigenvalue weighted by Gasteiger charge is -2.49. The lowest BCUT2D eigenvalue weighted by atomic mass is 9.77. The predicted molar refractivity (Wildman–Crippen MR) is 237 cm³/mol. The second-order valence-electron chi connectivity index (χ2n) is 19.7. The number of aromatic nitrogens is 2. The smallest absolute Gasteiger partial charge is 0.311 e. The molecule has 0 aliphatic carbocycles. The molecule has 4 rings (SSSR count). The highest BCUT2D eigenvalue weighted by Crippen LogP contribution is 2.40. The van der Waals surface area contributed by atoms with Gasteiger partial charge in [-0.2, -0.15) is 0 Å². The highest BCUT2D eigenvalue weighted by molar-refractivity contribution is 5.91. The molecular formula is C46H81N5O13. The molecule has 18 heteroatoms. The number of rotatable bonds is 13. The van der Waals surface area contributed by atoms with Crippen LogP contribution in [0.4, 0.5) is 0 Å². The summed E-state index contributed by atoms with van der Waals surface area (Å²) in [5, 5.41) is 50.3. The molecule has 3 fully saturated rings. The van der Waals surface area contributed by atoms with Gasteiger partial charge in [0.25, 0.3) is 5.91 Å². The van der Waals surface area contributed by atoms with Crippen LogP contribution in [0.25, 0.3) is 0 Å². The van der Waals surface area contributed by atoms with E-state index in [0.717, 1.165) is 0 Å². The van der Waals surface area contributed by atoms with Gasteiger partial charge in [0.15, 0.2) is 12.6 Å². The number of hydrogen-bond donors (Lipinski definition) is 5. The van der Waals surface area contributed by atoms with Gasteiger partial charge < -0.3 is 68.7 Å². The van der Waals surface area contributed by atoms with E-state index < -0.39 is 96.0 Å². The van der Waals surface area contributed by atoms with Crippen molar-refractivity contribution in [3.63, 3.8) is 0 Å². The number of ether oxygens (including phenoxy) is 7. The van der Waals surface area contributed by atoms with Crippen LogP contribution < -0.4 is 5.32 Å². The molecule has 5 N–H and O–H groups in total. The van der Waals surface area contributed by atoms with Crippen LogP contribution >= 0.6 is 0 Å². The van der Waals surface area contributed by atoms with Crippen molar-refractivity contribution >= 4 is 11.9 Å². The summed E-state index contributed by atoms with van der Waals surface area (Å²) in [6, 6.07) is -0.727. The van der Waals surface area contributed by atoms with Crippen molar-refractivity contribution in [3.8, 4) is 0 Å². The number of carbonyl (C=O) groups excluding carboxylic acids is 2. The molecule has 0 saturated carbocycles. The molecule has 368 valence electrons. The number of amides is 1. The highest BCUT2D eigenvalue weighted by atomic mass is 16.7. The van der Waals surface area contributed by atoms with E-state index in [-0.39, 0.29) is 55.5 Å². The molecule has 3 aliphatic rings. The van der Waals surface area contributed by atoms with Crippen LogP contribution in [0.2, 0.25) is 0 Å². The Hall–Kier alpha value is -2.46. The first-order chi connectivity index (χ1) is 29.9. The van der Waals surface area contributed by atoms with Crippen molar-refractivity contribution in [1.82, 2.24) is 25.1 Å². The van der Waals surface area contributed by atoms with E-state index in [0.29, 0.717) is 25.9 Å². The lowest BCUT2D eigenvalue weighted by Crippen LogP contribution is -2.61. The van der Waals surface area contributed by atoms with E-state index in [4.69, 9.17) is 33.2 Å². The van der Waals surface area contributed by atoms with Gasteiger partial charge in [-0.25, -0.2) is 4.98 Å². The average Bonchev–Trinajstić information content (AvgIpc) is 3.24. The molecule has 0 radical (unpaired) electrons. The number of esters is 1. The van der Waals surface area contributed by atoms with Crippen molar-refractivity contribution in [1.29, 1.82) is 0 Å². The SMILES string of the molecule is CC[C@H]1OC(=O)[C@H](C)[C@@H](O[C@H]2C[C@@](C)(OC)[C@@H](O)[C@H](C)O2)[C@H](C)[C@@H](O[C@@H]2O[C@H](C)C[C@H](N(C)C)[C@H]2OCCCNC(=O)c2cnccn2)[C@](C)(O)C[C@@H](C)CN(C)[C@H](C)[C@@H](O)[C@]1(C)O. The summed E-state index contributed by atoms with van der Waals surface area (Å²) in [4.78, 5) is 39.1. The topological polar surface area (TPSA) is 224 Å². The van der Waals surface area contributed by atoms with Crippen LogP contribution in [-0.4, -0.2) is 190 Å². The molecular weight excluding hydrogens is 831 g/mol. The van der Waals surface area contributed by atoms with Gasteiger partial charge in [-0.15, -0.1) is 0 Å². The van der Waals surface area contributed by atoms with Gasteiger partial charge in [0.05, 0.1) is 47.7 Å². The highest BCUT2D eigenvalue weighted by Gasteiger charge is 2.53. The summed E-state index contributed by atoms with van der Waals surface area (Å²) in [5.41, 5.74) is -4.25. The first kappa shape index (κ1) is 54.1. The van der Waals surface area contributed by atoms with Crippen molar-refractivity contribution in [2.75, 3.05) is 47.9 Å². The third-order valence-corrected chi connectivity index (χ3v) is 13.9. The minimum absolute atomic E-state index is 0.116. The summed E-state index contributed by atoms with van der Waals surface area (Å²) in [5.74, 6) is -3.02. The second-order valence-corrected chi connectivity index (χ2v) is 19.7. The zero-order valence-corrected chi connectivity index (χ0v) is 40.8. The summed E-state index contributed by atoms with van der Waals surface area (Å²) < 4.78 is 45.3. The number of carbonyl (C=O) groups is 2. The average molecular weight is 912 g/mol. The van der Waals surface area contributed by atoms with E-state index in [9.17, 15) is 30.0 Å². The van der Waals surface area contributed by atoms with Crippen LogP contribution in [-0.2, 0) is 38.0 Å². The van der Waals surface area contributed by atoms with Crippen molar-refractivity contribution in [3.05, 3.63) is 24.3 Å². The molecule has 3 saturated heterocycles. The fourth-order valence-corrected chi connectivity index (χ4v) is 9.90. The lowest BCUT2D eigenvalue weighted by molar-refractivity contribution is -0.321. The number of aliphatic hydroxyl groups is 4. The molecule has 4 heterocycles.